The highest BCUT2D eigenvalue weighted by Gasteiger charge is 2.37. The van der Waals surface area contributed by atoms with Crippen LogP contribution in [0.15, 0.2) is 23.1 Å². The van der Waals surface area contributed by atoms with E-state index in [0.717, 1.165) is 31.2 Å². The zero-order valence-electron chi connectivity index (χ0n) is 18.9. The average molecular weight is 491 g/mol. The number of hydrogen-bond acceptors (Lipinski definition) is 7. The van der Waals surface area contributed by atoms with Crippen LogP contribution in [-0.4, -0.2) is 71.5 Å². The van der Waals surface area contributed by atoms with Gasteiger partial charge in [-0.15, -0.1) is 0 Å². The number of nitrogens with zero attached hydrogens (tertiary/aromatic N) is 2. The van der Waals surface area contributed by atoms with Crippen molar-refractivity contribution < 1.29 is 23.8 Å². The molecule has 0 radical (unpaired) electrons. The summed E-state index contributed by atoms with van der Waals surface area (Å²) in [6.45, 7) is 4.57. The normalized spacial score (nSPS) is 21.1. The van der Waals surface area contributed by atoms with Crippen molar-refractivity contribution in [1.82, 2.24) is 9.80 Å². The quantitative estimate of drug-likeness (QED) is 0.425. The van der Waals surface area contributed by atoms with Gasteiger partial charge < -0.3 is 19.1 Å². The number of amides is 2. The maximum atomic E-state index is 13.1. The molecule has 1 aromatic carbocycles. The summed E-state index contributed by atoms with van der Waals surface area (Å²) in [6, 6.07) is 5.71. The highest BCUT2D eigenvalue weighted by atomic mass is 32.2. The lowest BCUT2D eigenvalue weighted by atomic mass is 9.94. The molecule has 7 nitrogen and oxygen atoms in total. The van der Waals surface area contributed by atoms with Crippen molar-refractivity contribution >= 4 is 46.2 Å². The second-order valence-electron chi connectivity index (χ2n) is 8.26. The second-order valence-corrected chi connectivity index (χ2v) is 9.94. The molecule has 3 fully saturated rings. The molecule has 1 saturated carbocycles. The van der Waals surface area contributed by atoms with Gasteiger partial charge in [0.05, 0.1) is 24.7 Å². The number of benzene rings is 1. The van der Waals surface area contributed by atoms with E-state index in [-0.39, 0.29) is 24.5 Å². The number of carbonyl (C=O) groups excluding carboxylic acids is 2. The summed E-state index contributed by atoms with van der Waals surface area (Å²) >= 11 is 6.89. The third-order valence-corrected chi connectivity index (χ3v) is 7.37. The number of carbonyl (C=O) groups is 2. The molecule has 0 unspecified atom stereocenters. The first kappa shape index (κ1) is 24.0. The van der Waals surface area contributed by atoms with E-state index in [1.807, 2.05) is 30.0 Å². The van der Waals surface area contributed by atoms with Gasteiger partial charge >= 0.3 is 0 Å². The molecular formula is C24H30N2O5S2. The SMILES string of the molecule is CCOc1cc(/C=C2/SC(=S)N(C3CCCCC3)C2=O)ccc1OCC(=O)N1CCOCC1. The van der Waals surface area contributed by atoms with Gasteiger partial charge in [0.2, 0.25) is 0 Å². The van der Waals surface area contributed by atoms with Crippen LogP contribution in [0.1, 0.15) is 44.6 Å². The highest BCUT2D eigenvalue weighted by Crippen LogP contribution is 2.38. The van der Waals surface area contributed by atoms with Crippen LogP contribution < -0.4 is 9.47 Å². The van der Waals surface area contributed by atoms with Crippen molar-refractivity contribution in [2.24, 2.45) is 0 Å². The number of thiocarbonyl (C=S) groups is 1. The summed E-state index contributed by atoms with van der Waals surface area (Å²) in [6.07, 6.45) is 7.41. The van der Waals surface area contributed by atoms with E-state index in [1.54, 1.807) is 11.0 Å². The predicted molar refractivity (Wildman–Crippen MR) is 132 cm³/mol. The molecule has 2 heterocycles. The Morgan fingerprint density at radius 1 is 1.18 bits per heavy atom. The Labute approximate surface area is 204 Å². The lowest BCUT2D eigenvalue weighted by molar-refractivity contribution is -0.137. The van der Waals surface area contributed by atoms with Crippen molar-refractivity contribution in [3.05, 3.63) is 28.7 Å². The van der Waals surface area contributed by atoms with Crippen LogP contribution in [0.25, 0.3) is 6.08 Å². The van der Waals surface area contributed by atoms with Gasteiger partial charge in [0.25, 0.3) is 11.8 Å². The number of rotatable bonds is 7. The van der Waals surface area contributed by atoms with Crippen LogP contribution in [0.3, 0.4) is 0 Å². The monoisotopic (exact) mass is 490 g/mol. The third-order valence-electron chi connectivity index (χ3n) is 6.04. The van der Waals surface area contributed by atoms with E-state index in [1.165, 1.54) is 18.2 Å². The van der Waals surface area contributed by atoms with Gasteiger partial charge in [-0.2, -0.15) is 0 Å². The first-order chi connectivity index (χ1) is 16.1. The standard InChI is InChI=1S/C24H30N2O5S2/c1-2-30-20-14-17(8-9-19(20)31-16-22(27)25-10-12-29-13-11-25)15-21-23(28)26(24(32)33-21)18-6-4-3-5-7-18/h8-9,14-15,18H,2-7,10-13,16H2,1H3/b21-15+. The van der Waals surface area contributed by atoms with Gasteiger partial charge in [-0.05, 0) is 43.5 Å². The summed E-state index contributed by atoms with van der Waals surface area (Å²) in [5.41, 5.74) is 0.828. The Morgan fingerprint density at radius 2 is 1.94 bits per heavy atom. The molecule has 178 valence electrons. The Bertz CT molecular complexity index is 923. The van der Waals surface area contributed by atoms with Crippen LogP contribution in [0.5, 0.6) is 11.5 Å². The zero-order chi connectivity index (χ0) is 23.2. The molecule has 0 spiro atoms. The first-order valence-electron chi connectivity index (χ1n) is 11.6. The molecule has 9 heteroatoms. The Balaban J connectivity index is 1.45. The van der Waals surface area contributed by atoms with Gasteiger partial charge in [0, 0.05) is 19.1 Å². The summed E-state index contributed by atoms with van der Waals surface area (Å²) in [4.78, 5) is 29.7. The van der Waals surface area contributed by atoms with E-state index in [9.17, 15) is 9.59 Å². The smallest absolute Gasteiger partial charge is 0.266 e. The highest BCUT2D eigenvalue weighted by molar-refractivity contribution is 8.26. The lowest BCUT2D eigenvalue weighted by Crippen LogP contribution is -2.43. The van der Waals surface area contributed by atoms with Crippen molar-refractivity contribution in [2.45, 2.75) is 45.1 Å². The van der Waals surface area contributed by atoms with Gasteiger partial charge in [0.1, 0.15) is 4.32 Å². The minimum Gasteiger partial charge on any atom is -0.490 e. The van der Waals surface area contributed by atoms with Gasteiger partial charge in [0.15, 0.2) is 18.1 Å². The van der Waals surface area contributed by atoms with Crippen LogP contribution in [0.4, 0.5) is 0 Å². The summed E-state index contributed by atoms with van der Waals surface area (Å²) in [5, 5.41) is 0. The number of morpholine rings is 1. The van der Waals surface area contributed by atoms with Crippen molar-refractivity contribution in [3.63, 3.8) is 0 Å². The number of hydrogen-bond donors (Lipinski definition) is 0. The third kappa shape index (κ3) is 5.88. The van der Waals surface area contributed by atoms with Gasteiger partial charge in [-0.1, -0.05) is 49.3 Å². The fourth-order valence-corrected chi connectivity index (χ4v) is 5.73. The predicted octanol–water partition coefficient (Wildman–Crippen LogP) is 3.86. The molecule has 2 amide bonds. The molecule has 0 bridgehead atoms. The molecular weight excluding hydrogens is 460 g/mol. The summed E-state index contributed by atoms with van der Waals surface area (Å²) in [5.74, 6) is 0.969. The maximum Gasteiger partial charge on any atom is 0.266 e. The van der Waals surface area contributed by atoms with Crippen molar-refractivity contribution in [3.8, 4) is 11.5 Å². The topological polar surface area (TPSA) is 68.3 Å². The van der Waals surface area contributed by atoms with Crippen LogP contribution in [-0.2, 0) is 14.3 Å². The summed E-state index contributed by atoms with van der Waals surface area (Å²) < 4.78 is 17.5. The molecule has 2 saturated heterocycles. The molecule has 0 aromatic heterocycles. The first-order valence-corrected chi connectivity index (χ1v) is 12.8. The lowest BCUT2D eigenvalue weighted by Gasteiger charge is -2.29. The fraction of sp³-hybridized carbons (Fsp3) is 0.542. The molecule has 0 N–H and O–H groups in total. The van der Waals surface area contributed by atoms with E-state index >= 15 is 0 Å². The molecule has 0 atom stereocenters. The summed E-state index contributed by atoms with van der Waals surface area (Å²) in [7, 11) is 0. The van der Waals surface area contributed by atoms with Crippen molar-refractivity contribution in [1.29, 1.82) is 0 Å². The van der Waals surface area contributed by atoms with E-state index in [4.69, 9.17) is 26.4 Å². The molecule has 1 aliphatic carbocycles. The van der Waals surface area contributed by atoms with Crippen LogP contribution >= 0.6 is 24.0 Å². The molecule has 4 rings (SSSR count). The van der Waals surface area contributed by atoms with E-state index < -0.39 is 0 Å². The molecule has 33 heavy (non-hydrogen) atoms. The Morgan fingerprint density at radius 3 is 2.67 bits per heavy atom. The van der Waals surface area contributed by atoms with Gasteiger partial charge in [-0.25, -0.2) is 0 Å². The molecule has 1 aromatic rings. The number of ether oxygens (including phenoxy) is 3. The minimum absolute atomic E-state index is 0.00806. The fourth-order valence-electron chi connectivity index (χ4n) is 4.33. The molecule has 3 aliphatic rings. The minimum atomic E-state index is -0.0730. The number of thioether (sulfide) groups is 1. The second kappa shape index (κ2) is 11.4. The largest absolute Gasteiger partial charge is 0.490 e. The van der Waals surface area contributed by atoms with Crippen LogP contribution in [0.2, 0.25) is 0 Å². The maximum absolute atomic E-state index is 13.1. The van der Waals surface area contributed by atoms with Crippen molar-refractivity contribution in [2.75, 3.05) is 39.5 Å². The van der Waals surface area contributed by atoms with E-state index in [2.05, 4.69) is 0 Å². The van der Waals surface area contributed by atoms with E-state index in [0.29, 0.717) is 53.6 Å². The average Bonchev–Trinajstić information content (AvgIpc) is 3.12. The van der Waals surface area contributed by atoms with Crippen LogP contribution in [0, 0.1) is 0 Å². The Kier molecular flexibility index (Phi) is 8.27. The zero-order valence-corrected chi connectivity index (χ0v) is 20.6. The molecule has 2 aliphatic heterocycles. The van der Waals surface area contributed by atoms with Gasteiger partial charge in [-0.3, -0.25) is 14.5 Å². The Hall–Kier alpha value is -2.10.